The van der Waals surface area contributed by atoms with E-state index in [-0.39, 0.29) is 5.69 Å². The zero-order valence-corrected chi connectivity index (χ0v) is 13.1. The van der Waals surface area contributed by atoms with Crippen LogP contribution in [0.3, 0.4) is 0 Å². The van der Waals surface area contributed by atoms with Gasteiger partial charge in [0, 0.05) is 7.05 Å². The van der Waals surface area contributed by atoms with Crippen LogP contribution >= 0.6 is 0 Å². The second-order valence-electron chi connectivity index (χ2n) is 4.91. The van der Waals surface area contributed by atoms with E-state index in [9.17, 15) is 22.7 Å². The van der Waals surface area contributed by atoms with Crippen LogP contribution in [0.15, 0.2) is 41.3 Å². The molecule has 0 aliphatic rings. The zero-order valence-electron chi connectivity index (χ0n) is 12.3. The molecule has 0 aliphatic heterocycles. The van der Waals surface area contributed by atoms with Gasteiger partial charge in [-0.25, -0.2) is 17.6 Å². The largest absolute Gasteiger partial charge is 0.506 e. The first-order chi connectivity index (χ1) is 10.6. The highest BCUT2D eigenvalue weighted by Crippen LogP contribution is 2.32. The number of hydrogen-bond donors (Lipinski definition) is 2. The lowest BCUT2D eigenvalue weighted by atomic mass is 10.1. The Kier molecular flexibility index (Phi) is 4.28. The number of carboxylic acid groups (broad SMARTS) is 1. The van der Waals surface area contributed by atoms with Crippen molar-refractivity contribution in [2.24, 2.45) is 0 Å². The Morgan fingerprint density at radius 2 is 1.74 bits per heavy atom. The van der Waals surface area contributed by atoms with Crippen molar-refractivity contribution in [3.63, 3.8) is 0 Å². The van der Waals surface area contributed by atoms with Crippen LogP contribution in [-0.2, 0) is 10.0 Å². The van der Waals surface area contributed by atoms with Crippen molar-refractivity contribution in [1.29, 1.82) is 0 Å². The Balaban J connectivity index is 2.60. The van der Waals surface area contributed by atoms with Crippen LogP contribution in [0.25, 0.3) is 0 Å². The summed E-state index contributed by atoms with van der Waals surface area (Å²) in [5.74, 6) is -2.80. The Hall–Kier alpha value is -2.61. The number of carbonyl (C=O) groups is 1. The molecular formula is C15H14FNO5S. The molecule has 0 heterocycles. The molecule has 2 aromatic rings. The summed E-state index contributed by atoms with van der Waals surface area (Å²) in [6.45, 7) is 1.52. The number of carboxylic acids is 1. The number of aromatic hydroxyl groups is 1. The molecule has 0 fully saturated rings. The molecule has 0 saturated carbocycles. The first-order valence-electron chi connectivity index (χ1n) is 6.46. The fraction of sp³-hybridized carbons (Fsp3) is 0.133. The number of nitrogens with zero attached hydrogens (tertiary/aromatic N) is 1. The fourth-order valence-corrected chi connectivity index (χ4v) is 3.43. The van der Waals surface area contributed by atoms with E-state index in [1.165, 1.54) is 38.2 Å². The third kappa shape index (κ3) is 3.11. The number of benzene rings is 2. The van der Waals surface area contributed by atoms with Gasteiger partial charge >= 0.3 is 5.97 Å². The van der Waals surface area contributed by atoms with Gasteiger partial charge in [-0.1, -0.05) is 0 Å². The second-order valence-corrected chi connectivity index (χ2v) is 6.85. The lowest BCUT2D eigenvalue weighted by Gasteiger charge is -2.21. The summed E-state index contributed by atoms with van der Waals surface area (Å²) in [6.07, 6.45) is 0. The van der Waals surface area contributed by atoms with Gasteiger partial charge in [-0.2, -0.15) is 0 Å². The first kappa shape index (κ1) is 16.8. The van der Waals surface area contributed by atoms with Gasteiger partial charge in [0.2, 0.25) is 0 Å². The minimum Gasteiger partial charge on any atom is -0.506 e. The molecule has 0 aromatic heterocycles. The normalized spacial score (nSPS) is 11.3. The Morgan fingerprint density at radius 1 is 1.17 bits per heavy atom. The highest BCUT2D eigenvalue weighted by molar-refractivity contribution is 7.92. The average Bonchev–Trinajstić information content (AvgIpc) is 2.48. The summed E-state index contributed by atoms with van der Waals surface area (Å²) < 4.78 is 39.1. The van der Waals surface area contributed by atoms with Crippen molar-refractivity contribution in [2.75, 3.05) is 11.4 Å². The number of aromatic carboxylic acids is 1. The molecule has 0 radical (unpaired) electrons. The fourth-order valence-electron chi connectivity index (χ4n) is 2.04. The summed E-state index contributed by atoms with van der Waals surface area (Å²) >= 11 is 0. The molecular weight excluding hydrogens is 325 g/mol. The van der Waals surface area contributed by atoms with Crippen molar-refractivity contribution in [3.8, 4) is 5.75 Å². The number of sulfonamides is 1. The van der Waals surface area contributed by atoms with Crippen molar-refractivity contribution >= 4 is 21.7 Å². The molecule has 0 bridgehead atoms. The van der Waals surface area contributed by atoms with Gasteiger partial charge in [0.25, 0.3) is 10.0 Å². The quantitative estimate of drug-likeness (QED) is 0.892. The van der Waals surface area contributed by atoms with Crippen LogP contribution in [0, 0.1) is 12.7 Å². The molecule has 2 N–H and O–H groups in total. The van der Waals surface area contributed by atoms with Crippen molar-refractivity contribution in [3.05, 3.63) is 53.3 Å². The maximum Gasteiger partial charge on any atom is 0.339 e. The molecule has 2 rings (SSSR count). The lowest BCUT2D eigenvalue weighted by molar-refractivity contribution is 0.0693. The van der Waals surface area contributed by atoms with E-state index in [2.05, 4.69) is 0 Å². The smallest absolute Gasteiger partial charge is 0.339 e. The van der Waals surface area contributed by atoms with Crippen LogP contribution in [0.4, 0.5) is 10.1 Å². The van der Waals surface area contributed by atoms with Crippen molar-refractivity contribution in [2.45, 2.75) is 11.8 Å². The minimum absolute atomic E-state index is 0.171. The summed E-state index contributed by atoms with van der Waals surface area (Å²) in [7, 11) is -2.99. The predicted octanol–water partition coefficient (Wildman–Crippen LogP) is 2.36. The molecule has 0 spiro atoms. The van der Waals surface area contributed by atoms with Gasteiger partial charge in [-0.05, 0) is 48.9 Å². The topological polar surface area (TPSA) is 94.9 Å². The minimum atomic E-state index is -4.22. The van der Waals surface area contributed by atoms with E-state index in [0.29, 0.717) is 5.56 Å². The summed E-state index contributed by atoms with van der Waals surface area (Å²) in [6, 6.07) is 7.07. The van der Waals surface area contributed by atoms with Gasteiger partial charge in [-0.15, -0.1) is 0 Å². The highest BCUT2D eigenvalue weighted by Gasteiger charge is 2.28. The van der Waals surface area contributed by atoms with Crippen LogP contribution in [0.1, 0.15) is 15.9 Å². The van der Waals surface area contributed by atoms with Gasteiger partial charge in [0.05, 0.1) is 5.69 Å². The van der Waals surface area contributed by atoms with E-state index in [0.717, 1.165) is 16.4 Å². The molecule has 0 saturated heterocycles. The van der Waals surface area contributed by atoms with Crippen LogP contribution in [-0.4, -0.2) is 31.6 Å². The van der Waals surface area contributed by atoms with E-state index in [1.807, 2.05) is 0 Å². The van der Waals surface area contributed by atoms with Gasteiger partial charge < -0.3 is 10.2 Å². The summed E-state index contributed by atoms with van der Waals surface area (Å²) in [5, 5.41) is 19.1. The number of halogens is 1. The molecule has 0 amide bonds. The Morgan fingerprint density at radius 3 is 2.26 bits per heavy atom. The van der Waals surface area contributed by atoms with Crippen LogP contribution in [0.2, 0.25) is 0 Å². The SMILES string of the molecule is Cc1cc(C(=O)O)c(O)c(S(=O)(=O)N(C)c2ccc(F)cc2)c1. The van der Waals surface area contributed by atoms with Gasteiger partial charge in [-0.3, -0.25) is 4.31 Å². The lowest BCUT2D eigenvalue weighted by Crippen LogP contribution is -2.27. The summed E-state index contributed by atoms with van der Waals surface area (Å²) in [4.78, 5) is 10.6. The van der Waals surface area contributed by atoms with E-state index in [1.54, 1.807) is 0 Å². The maximum absolute atomic E-state index is 13.0. The van der Waals surface area contributed by atoms with Crippen LogP contribution < -0.4 is 4.31 Å². The average molecular weight is 339 g/mol. The third-order valence-corrected chi connectivity index (χ3v) is 5.08. The number of phenols is 1. The molecule has 23 heavy (non-hydrogen) atoms. The summed E-state index contributed by atoms with van der Waals surface area (Å²) in [5.41, 5.74) is 0.0338. The standard InChI is InChI=1S/C15H14FNO5S/c1-9-7-12(15(19)20)14(18)13(8-9)23(21,22)17(2)11-5-3-10(16)4-6-11/h3-8,18H,1-2H3,(H,19,20). The number of rotatable bonds is 4. The number of anilines is 1. The number of aryl methyl sites for hydroxylation is 1. The predicted molar refractivity (Wildman–Crippen MR) is 81.8 cm³/mol. The molecule has 8 heteroatoms. The molecule has 122 valence electrons. The molecule has 0 aliphatic carbocycles. The van der Waals surface area contributed by atoms with E-state index < -0.39 is 38.0 Å². The van der Waals surface area contributed by atoms with Crippen molar-refractivity contribution < 1.29 is 27.8 Å². The third-order valence-electron chi connectivity index (χ3n) is 3.28. The molecule has 0 atom stereocenters. The highest BCUT2D eigenvalue weighted by atomic mass is 32.2. The van der Waals surface area contributed by atoms with E-state index in [4.69, 9.17) is 5.11 Å². The maximum atomic E-state index is 13.0. The van der Waals surface area contributed by atoms with Crippen LogP contribution in [0.5, 0.6) is 5.75 Å². The monoisotopic (exact) mass is 339 g/mol. The first-order valence-corrected chi connectivity index (χ1v) is 7.90. The van der Waals surface area contributed by atoms with Crippen molar-refractivity contribution in [1.82, 2.24) is 0 Å². The molecule has 6 nitrogen and oxygen atoms in total. The number of hydrogen-bond acceptors (Lipinski definition) is 4. The van der Waals surface area contributed by atoms with Gasteiger partial charge in [0.15, 0.2) is 5.75 Å². The second kappa shape index (κ2) is 5.88. The Bertz CT molecular complexity index is 862. The van der Waals surface area contributed by atoms with E-state index >= 15 is 0 Å². The zero-order chi connectivity index (χ0) is 17.4. The Labute approximate surface area is 132 Å². The van der Waals surface area contributed by atoms with Gasteiger partial charge in [0.1, 0.15) is 16.3 Å². The molecule has 0 unspecified atom stereocenters. The molecule has 2 aromatic carbocycles.